The number of sulfonamides is 1. The van der Waals surface area contributed by atoms with Crippen molar-refractivity contribution in [3.8, 4) is 10.6 Å². The Kier molecular flexibility index (Phi) is 6.11. The number of thiazole rings is 1. The Hall–Kier alpha value is -1.29. The molecule has 26 heavy (non-hydrogen) atoms. The normalized spacial score (nSPS) is 18.3. The lowest BCUT2D eigenvalue weighted by atomic mass is 10.2. The molecule has 6 nitrogen and oxygen atoms in total. The van der Waals surface area contributed by atoms with Gasteiger partial charge < -0.3 is 5.32 Å². The van der Waals surface area contributed by atoms with Crippen molar-refractivity contribution in [3.63, 3.8) is 0 Å². The van der Waals surface area contributed by atoms with E-state index in [1.807, 2.05) is 31.4 Å². The summed E-state index contributed by atoms with van der Waals surface area (Å²) in [5.41, 5.74) is 0.835. The zero-order valence-corrected chi connectivity index (χ0v) is 17.3. The molecule has 0 aromatic carbocycles. The molecule has 0 saturated carbocycles. The van der Waals surface area contributed by atoms with E-state index < -0.39 is 16.1 Å². The molecule has 2 aromatic heterocycles. The number of carbonyl (C=O) groups excluding carboxylic acids is 1. The van der Waals surface area contributed by atoms with Crippen LogP contribution in [0.25, 0.3) is 10.6 Å². The molecule has 3 rings (SSSR count). The number of rotatable bonds is 7. The Bertz CT molecular complexity index is 873. The fourth-order valence-corrected chi connectivity index (χ4v) is 6.48. The van der Waals surface area contributed by atoms with Crippen molar-refractivity contribution >= 4 is 43.7 Å². The monoisotopic (exact) mass is 413 g/mol. The second-order valence-corrected chi connectivity index (χ2v) is 10.6. The van der Waals surface area contributed by atoms with Crippen LogP contribution in [0.4, 0.5) is 5.13 Å². The van der Waals surface area contributed by atoms with Crippen LogP contribution in [0.5, 0.6) is 0 Å². The standard InChI is InChI=1S/C17H23N3O3S3/c1-3-4-10-26(22,23)20-9-5-6-14(20)16(21)19-17-18-13(11-24-17)15-8-7-12(2)25-15/h7-8,11,14H,3-6,9-10H2,1-2H3,(H,18,19,21). The highest BCUT2D eigenvalue weighted by Gasteiger charge is 2.38. The summed E-state index contributed by atoms with van der Waals surface area (Å²) in [6.45, 7) is 4.41. The van der Waals surface area contributed by atoms with Crippen LogP contribution in [0.1, 0.15) is 37.5 Å². The third-order valence-corrected chi connectivity index (χ3v) is 8.08. The molecule has 0 bridgehead atoms. The number of aryl methyl sites for hydroxylation is 1. The minimum Gasteiger partial charge on any atom is -0.301 e. The summed E-state index contributed by atoms with van der Waals surface area (Å²) < 4.78 is 26.3. The molecule has 1 unspecified atom stereocenters. The van der Waals surface area contributed by atoms with Crippen molar-refractivity contribution in [2.24, 2.45) is 0 Å². The third-order valence-electron chi connectivity index (χ3n) is 4.35. The van der Waals surface area contributed by atoms with E-state index in [2.05, 4.69) is 10.3 Å². The van der Waals surface area contributed by atoms with Gasteiger partial charge in [-0.15, -0.1) is 22.7 Å². The highest BCUT2D eigenvalue weighted by Crippen LogP contribution is 2.31. The average molecular weight is 414 g/mol. The van der Waals surface area contributed by atoms with E-state index in [0.717, 1.165) is 17.0 Å². The van der Waals surface area contributed by atoms with E-state index >= 15 is 0 Å². The van der Waals surface area contributed by atoms with Crippen LogP contribution in [0.3, 0.4) is 0 Å². The lowest BCUT2D eigenvalue weighted by Crippen LogP contribution is -2.44. The van der Waals surface area contributed by atoms with Gasteiger partial charge in [-0.2, -0.15) is 4.31 Å². The summed E-state index contributed by atoms with van der Waals surface area (Å²) >= 11 is 3.01. The maximum Gasteiger partial charge on any atom is 0.244 e. The van der Waals surface area contributed by atoms with Gasteiger partial charge in [0.15, 0.2) is 5.13 Å². The SMILES string of the molecule is CCCCS(=O)(=O)N1CCCC1C(=O)Nc1nc(-c2ccc(C)s2)cs1. The van der Waals surface area contributed by atoms with Gasteiger partial charge in [-0.25, -0.2) is 13.4 Å². The van der Waals surface area contributed by atoms with E-state index in [1.165, 1.54) is 20.5 Å². The van der Waals surface area contributed by atoms with Gasteiger partial charge >= 0.3 is 0 Å². The maximum atomic E-state index is 12.6. The molecule has 0 aliphatic carbocycles. The quantitative estimate of drug-likeness (QED) is 0.750. The smallest absolute Gasteiger partial charge is 0.244 e. The highest BCUT2D eigenvalue weighted by molar-refractivity contribution is 7.89. The maximum absolute atomic E-state index is 12.6. The van der Waals surface area contributed by atoms with Crippen LogP contribution in [0.15, 0.2) is 17.5 Å². The molecule has 1 fully saturated rings. The number of anilines is 1. The van der Waals surface area contributed by atoms with E-state index in [0.29, 0.717) is 30.9 Å². The third kappa shape index (κ3) is 4.33. The van der Waals surface area contributed by atoms with Gasteiger partial charge in [0.1, 0.15) is 6.04 Å². The average Bonchev–Trinajstić information content (AvgIpc) is 3.32. The van der Waals surface area contributed by atoms with Crippen LogP contribution in [0.2, 0.25) is 0 Å². The Morgan fingerprint density at radius 2 is 2.23 bits per heavy atom. The Balaban J connectivity index is 1.68. The van der Waals surface area contributed by atoms with Crippen molar-refractivity contribution in [2.45, 2.75) is 45.6 Å². The fourth-order valence-electron chi connectivity index (χ4n) is 2.98. The van der Waals surface area contributed by atoms with Gasteiger partial charge in [-0.05, 0) is 38.3 Å². The molecule has 1 atom stereocenters. The molecule has 0 spiro atoms. The molecule has 142 valence electrons. The summed E-state index contributed by atoms with van der Waals surface area (Å²) in [7, 11) is -3.39. The number of carbonyl (C=O) groups is 1. The van der Waals surface area contributed by atoms with Crippen molar-refractivity contribution in [2.75, 3.05) is 17.6 Å². The van der Waals surface area contributed by atoms with Gasteiger partial charge in [0.05, 0.1) is 16.3 Å². The van der Waals surface area contributed by atoms with Gasteiger partial charge in [0.2, 0.25) is 15.9 Å². The second-order valence-electron chi connectivity index (χ2n) is 6.38. The van der Waals surface area contributed by atoms with E-state index in [1.54, 1.807) is 11.3 Å². The number of hydrogen-bond acceptors (Lipinski definition) is 6. The number of aromatic nitrogens is 1. The molecule has 1 aliphatic heterocycles. The Labute approximate surface area is 162 Å². The van der Waals surface area contributed by atoms with Gasteiger partial charge in [0, 0.05) is 16.8 Å². The molecule has 0 radical (unpaired) electrons. The summed E-state index contributed by atoms with van der Waals surface area (Å²) in [6, 6.07) is 3.42. The molecule has 1 N–H and O–H groups in total. The molecule has 1 aliphatic rings. The molecule has 2 aromatic rings. The van der Waals surface area contributed by atoms with Crippen LogP contribution in [-0.2, 0) is 14.8 Å². The van der Waals surface area contributed by atoms with Crippen LogP contribution >= 0.6 is 22.7 Å². The van der Waals surface area contributed by atoms with Gasteiger partial charge in [-0.3, -0.25) is 4.79 Å². The van der Waals surface area contributed by atoms with Crippen LogP contribution < -0.4 is 5.32 Å². The Morgan fingerprint density at radius 3 is 2.92 bits per heavy atom. The number of hydrogen-bond donors (Lipinski definition) is 1. The van der Waals surface area contributed by atoms with Crippen molar-refractivity contribution in [1.82, 2.24) is 9.29 Å². The number of thiophene rings is 1. The predicted octanol–water partition coefficient (Wildman–Crippen LogP) is 3.71. The molecule has 9 heteroatoms. The summed E-state index contributed by atoms with van der Waals surface area (Å²) in [5.74, 6) is -0.183. The lowest BCUT2D eigenvalue weighted by molar-refractivity contribution is -0.119. The topological polar surface area (TPSA) is 79.4 Å². The molecular formula is C17H23N3O3S3. The van der Waals surface area contributed by atoms with E-state index in [9.17, 15) is 13.2 Å². The van der Waals surface area contributed by atoms with E-state index in [4.69, 9.17) is 0 Å². The summed E-state index contributed by atoms with van der Waals surface area (Å²) in [6.07, 6.45) is 2.69. The van der Waals surface area contributed by atoms with Crippen molar-refractivity contribution in [1.29, 1.82) is 0 Å². The number of nitrogens with zero attached hydrogens (tertiary/aromatic N) is 2. The Morgan fingerprint density at radius 1 is 1.42 bits per heavy atom. The zero-order valence-electron chi connectivity index (χ0n) is 14.9. The largest absolute Gasteiger partial charge is 0.301 e. The number of nitrogens with one attached hydrogen (secondary N) is 1. The highest BCUT2D eigenvalue weighted by atomic mass is 32.2. The first-order valence-electron chi connectivity index (χ1n) is 8.73. The van der Waals surface area contributed by atoms with Crippen molar-refractivity contribution < 1.29 is 13.2 Å². The molecule has 3 heterocycles. The second kappa shape index (κ2) is 8.16. The minimum absolute atomic E-state index is 0.104. The van der Waals surface area contributed by atoms with Gasteiger partial charge in [0.25, 0.3) is 0 Å². The number of unbranched alkanes of at least 4 members (excludes halogenated alkanes) is 1. The summed E-state index contributed by atoms with van der Waals surface area (Å²) in [4.78, 5) is 19.4. The van der Waals surface area contributed by atoms with Crippen LogP contribution in [-0.4, -0.2) is 42.0 Å². The zero-order chi connectivity index (χ0) is 18.7. The first-order chi connectivity index (χ1) is 12.4. The fraction of sp³-hybridized carbons (Fsp3) is 0.529. The van der Waals surface area contributed by atoms with Crippen molar-refractivity contribution in [3.05, 3.63) is 22.4 Å². The first kappa shape index (κ1) is 19.5. The molecule has 1 amide bonds. The first-order valence-corrected chi connectivity index (χ1v) is 12.0. The van der Waals surface area contributed by atoms with E-state index in [-0.39, 0.29) is 11.7 Å². The molecule has 1 saturated heterocycles. The van der Waals surface area contributed by atoms with Crippen LogP contribution in [0, 0.1) is 6.92 Å². The number of amides is 1. The summed E-state index contributed by atoms with van der Waals surface area (Å²) in [5, 5.41) is 5.22. The van der Waals surface area contributed by atoms with Gasteiger partial charge in [-0.1, -0.05) is 13.3 Å². The minimum atomic E-state index is -3.39. The lowest BCUT2D eigenvalue weighted by Gasteiger charge is -2.22. The predicted molar refractivity (Wildman–Crippen MR) is 107 cm³/mol. The molecular weight excluding hydrogens is 390 g/mol.